The van der Waals surface area contributed by atoms with E-state index in [0.29, 0.717) is 24.1 Å². The van der Waals surface area contributed by atoms with Crippen molar-refractivity contribution in [3.8, 4) is 5.75 Å². The van der Waals surface area contributed by atoms with Crippen LogP contribution in [0.1, 0.15) is 23.5 Å². The Hall–Kier alpha value is -3.21. The lowest BCUT2D eigenvalue weighted by Gasteiger charge is -2.11. The summed E-state index contributed by atoms with van der Waals surface area (Å²) in [7, 11) is 0. The van der Waals surface area contributed by atoms with Gasteiger partial charge in [0.25, 0.3) is 0 Å². The Morgan fingerprint density at radius 3 is 2.65 bits per heavy atom. The average Bonchev–Trinajstić information content (AvgIpc) is 3.50. The number of pyridine rings is 2. The van der Waals surface area contributed by atoms with Crippen molar-refractivity contribution >= 4 is 11.7 Å². The first-order valence-electron chi connectivity index (χ1n) is 8.64. The summed E-state index contributed by atoms with van der Waals surface area (Å²) in [6, 6.07) is 17.5. The van der Waals surface area contributed by atoms with Crippen molar-refractivity contribution in [1.82, 2.24) is 9.97 Å². The van der Waals surface area contributed by atoms with Crippen molar-refractivity contribution in [3.05, 3.63) is 84.3 Å². The lowest BCUT2D eigenvalue weighted by molar-refractivity contribution is -0.117. The van der Waals surface area contributed by atoms with Crippen LogP contribution in [0.2, 0.25) is 0 Å². The minimum atomic E-state index is -0.00804. The quantitative estimate of drug-likeness (QED) is 0.738. The van der Waals surface area contributed by atoms with Gasteiger partial charge in [-0.1, -0.05) is 30.3 Å². The summed E-state index contributed by atoms with van der Waals surface area (Å²) in [5.74, 6) is 1.31. The summed E-state index contributed by atoms with van der Waals surface area (Å²) >= 11 is 0. The maximum Gasteiger partial charge on any atom is 0.229 e. The van der Waals surface area contributed by atoms with Crippen LogP contribution in [0, 0.1) is 5.92 Å². The predicted octanol–water partition coefficient (Wildman–Crippen LogP) is 3.80. The molecule has 0 radical (unpaired) electrons. The lowest BCUT2D eigenvalue weighted by atomic mass is 10.1. The van der Waals surface area contributed by atoms with Gasteiger partial charge in [-0.05, 0) is 47.7 Å². The van der Waals surface area contributed by atoms with Crippen LogP contribution in [-0.2, 0) is 11.4 Å². The standard InChI is InChI=1S/C21H19N3O2/c25-21(18-13-17(18)16-5-2-1-3-6-16)24-20-19(7-4-10-23-20)26-14-15-8-11-22-12-9-15/h1-12,17-18H,13-14H2,(H,23,24,25)/t17-,18+/m1/s1. The third-order valence-corrected chi connectivity index (χ3v) is 4.51. The van der Waals surface area contributed by atoms with Crippen molar-refractivity contribution in [3.63, 3.8) is 0 Å². The minimum Gasteiger partial charge on any atom is -0.485 e. The number of hydrogen-bond donors (Lipinski definition) is 1. The van der Waals surface area contributed by atoms with Crippen molar-refractivity contribution in [1.29, 1.82) is 0 Å². The first-order chi connectivity index (χ1) is 12.8. The van der Waals surface area contributed by atoms with Crippen LogP contribution in [0.5, 0.6) is 5.75 Å². The van der Waals surface area contributed by atoms with E-state index in [1.807, 2.05) is 36.4 Å². The Bertz CT molecular complexity index is 884. The number of hydrogen-bond acceptors (Lipinski definition) is 4. The number of aromatic nitrogens is 2. The minimum absolute atomic E-state index is 0.00699. The van der Waals surface area contributed by atoms with E-state index in [-0.39, 0.29) is 11.8 Å². The molecule has 1 amide bonds. The highest BCUT2D eigenvalue weighted by Gasteiger charge is 2.44. The molecule has 1 aliphatic rings. The Morgan fingerprint density at radius 1 is 1.04 bits per heavy atom. The normalized spacial score (nSPS) is 18.2. The highest BCUT2D eigenvalue weighted by atomic mass is 16.5. The van der Waals surface area contributed by atoms with Crippen molar-refractivity contribution < 1.29 is 9.53 Å². The first kappa shape index (κ1) is 16.3. The van der Waals surface area contributed by atoms with Gasteiger partial charge >= 0.3 is 0 Å². The number of nitrogens with one attached hydrogen (secondary N) is 1. The maximum atomic E-state index is 12.6. The van der Waals surface area contributed by atoms with E-state index in [1.54, 1.807) is 24.7 Å². The molecule has 0 aliphatic heterocycles. The number of carbonyl (C=O) groups is 1. The smallest absolute Gasteiger partial charge is 0.229 e. The molecule has 4 rings (SSSR count). The second kappa shape index (κ2) is 7.35. The van der Waals surface area contributed by atoms with Gasteiger partial charge in [0.1, 0.15) is 6.61 Å². The lowest BCUT2D eigenvalue weighted by Crippen LogP contribution is -2.16. The van der Waals surface area contributed by atoms with Gasteiger partial charge in [-0.3, -0.25) is 9.78 Å². The Balaban J connectivity index is 1.40. The van der Waals surface area contributed by atoms with E-state index in [1.165, 1.54) is 5.56 Å². The van der Waals surface area contributed by atoms with Crippen molar-refractivity contribution in [2.24, 2.45) is 5.92 Å². The zero-order valence-corrected chi connectivity index (χ0v) is 14.2. The zero-order valence-electron chi connectivity index (χ0n) is 14.2. The Kier molecular flexibility index (Phi) is 4.60. The SMILES string of the molecule is O=C(Nc1ncccc1OCc1ccncc1)[C@H]1C[C@@H]1c1ccccc1. The number of amides is 1. The molecule has 5 nitrogen and oxygen atoms in total. The van der Waals surface area contributed by atoms with Gasteiger partial charge in [-0.15, -0.1) is 0 Å². The average molecular weight is 345 g/mol. The molecule has 1 aromatic carbocycles. The molecule has 26 heavy (non-hydrogen) atoms. The molecule has 1 saturated carbocycles. The molecule has 5 heteroatoms. The summed E-state index contributed by atoms with van der Waals surface area (Å²) in [6.45, 7) is 0.396. The molecule has 0 unspecified atom stereocenters. The van der Waals surface area contributed by atoms with E-state index < -0.39 is 0 Å². The molecular weight excluding hydrogens is 326 g/mol. The number of rotatable bonds is 6. The number of anilines is 1. The molecular formula is C21H19N3O2. The molecule has 0 saturated heterocycles. The third-order valence-electron chi connectivity index (χ3n) is 4.51. The second-order valence-corrected chi connectivity index (χ2v) is 6.34. The van der Waals surface area contributed by atoms with Crippen LogP contribution >= 0.6 is 0 Å². The van der Waals surface area contributed by atoms with Gasteiger partial charge < -0.3 is 10.1 Å². The molecule has 2 aromatic heterocycles. The van der Waals surface area contributed by atoms with Crippen molar-refractivity contribution in [2.75, 3.05) is 5.32 Å². The van der Waals surface area contributed by atoms with E-state index in [2.05, 4.69) is 27.4 Å². The van der Waals surface area contributed by atoms with E-state index in [0.717, 1.165) is 12.0 Å². The second-order valence-electron chi connectivity index (χ2n) is 6.34. The molecule has 2 atom stereocenters. The summed E-state index contributed by atoms with van der Waals surface area (Å²) in [5.41, 5.74) is 2.22. The van der Waals surface area contributed by atoms with E-state index in [9.17, 15) is 4.79 Å². The van der Waals surface area contributed by atoms with Crippen molar-refractivity contribution in [2.45, 2.75) is 18.9 Å². The Morgan fingerprint density at radius 2 is 1.85 bits per heavy atom. The number of benzene rings is 1. The van der Waals surface area contributed by atoms with Gasteiger partial charge in [0.05, 0.1) is 0 Å². The first-order valence-corrected chi connectivity index (χ1v) is 8.64. The number of carbonyl (C=O) groups excluding carboxylic acids is 1. The van der Waals surface area contributed by atoms with Crippen LogP contribution in [0.15, 0.2) is 73.2 Å². The highest BCUT2D eigenvalue weighted by molar-refractivity contribution is 5.95. The van der Waals surface area contributed by atoms with E-state index >= 15 is 0 Å². The molecule has 3 aromatic rings. The Labute approximate surface area is 152 Å². The van der Waals surface area contributed by atoms with Crippen LogP contribution < -0.4 is 10.1 Å². The third kappa shape index (κ3) is 3.72. The zero-order chi connectivity index (χ0) is 17.8. The molecule has 1 aliphatic carbocycles. The molecule has 1 fully saturated rings. The van der Waals surface area contributed by atoms with Gasteiger partial charge in [-0.25, -0.2) is 4.98 Å². The van der Waals surface area contributed by atoms with Gasteiger partial charge in [0.2, 0.25) is 5.91 Å². The fourth-order valence-corrected chi connectivity index (χ4v) is 3.00. The van der Waals surface area contributed by atoms with Crippen LogP contribution in [-0.4, -0.2) is 15.9 Å². The van der Waals surface area contributed by atoms with Gasteiger partial charge in [-0.2, -0.15) is 0 Å². The van der Waals surface area contributed by atoms with Crippen LogP contribution in [0.3, 0.4) is 0 Å². The summed E-state index contributed by atoms with van der Waals surface area (Å²) in [6.07, 6.45) is 5.97. The van der Waals surface area contributed by atoms with Crippen LogP contribution in [0.4, 0.5) is 5.82 Å². The van der Waals surface area contributed by atoms with Crippen LogP contribution in [0.25, 0.3) is 0 Å². The fraction of sp³-hybridized carbons (Fsp3) is 0.190. The molecule has 1 N–H and O–H groups in total. The molecule has 0 bridgehead atoms. The number of nitrogens with zero attached hydrogens (tertiary/aromatic N) is 2. The van der Waals surface area contributed by atoms with E-state index in [4.69, 9.17) is 4.74 Å². The molecule has 2 heterocycles. The van der Waals surface area contributed by atoms with Gasteiger partial charge in [0, 0.05) is 24.5 Å². The maximum absolute atomic E-state index is 12.6. The molecule has 0 spiro atoms. The summed E-state index contributed by atoms with van der Waals surface area (Å²) in [5, 5.41) is 2.92. The topological polar surface area (TPSA) is 64.1 Å². The molecule has 130 valence electrons. The highest BCUT2D eigenvalue weighted by Crippen LogP contribution is 2.48. The summed E-state index contributed by atoms with van der Waals surface area (Å²) in [4.78, 5) is 20.8. The van der Waals surface area contributed by atoms with Gasteiger partial charge in [0.15, 0.2) is 11.6 Å². The monoisotopic (exact) mass is 345 g/mol. The summed E-state index contributed by atoms with van der Waals surface area (Å²) < 4.78 is 5.83. The fourth-order valence-electron chi connectivity index (χ4n) is 3.00. The predicted molar refractivity (Wildman–Crippen MR) is 98.7 cm³/mol. The number of ether oxygens (including phenoxy) is 1. The largest absolute Gasteiger partial charge is 0.485 e.